The molecule has 1 saturated heterocycles. The largest absolute Gasteiger partial charge is 0.418 e. The summed E-state index contributed by atoms with van der Waals surface area (Å²) in [5.74, 6) is 0. The molecule has 1 fully saturated rings. The molecule has 0 unspecified atom stereocenters. The lowest BCUT2D eigenvalue weighted by atomic mass is 9.83. The standard InChI is InChI=1S/C16H23F3N2/c1-15(2)7-4-8-21(11-15)14-6-5-12(10-20-3)9-13(14)16(17,18)19/h5-6,9,20H,4,7-8,10-11H2,1-3H3. The number of anilines is 1. The van der Waals surface area contributed by atoms with Crippen molar-refractivity contribution in [2.24, 2.45) is 5.41 Å². The number of nitrogens with zero attached hydrogens (tertiary/aromatic N) is 1. The van der Waals surface area contributed by atoms with E-state index in [-0.39, 0.29) is 5.41 Å². The lowest BCUT2D eigenvalue weighted by molar-refractivity contribution is -0.137. The fourth-order valence-corrected chi connectivity index (χ4v) is 3.03. The van der Waals surface area contributed by atoms with Crippen LogP contribution in [0.4, 0.5) is 18.9 Å². The molecule has 1 aromatic carbocycles. The number of piperidine rings is 1. The van der Waals surface area contributed by atoms with E-state index in [1.165, 1.54) is 6.07 Å². The van der Waals surface area contributed by atoms with Gasteiger partial charge in [-0.3, -0.25) is 0 Å². The number of alkyl halides is 3. The predicted molar refractivity (Wildman–Crippen MR) is 79.4 cm³/mol. The second-order valence-electron chi connectivity index (χ2n) is 6.57. The van der Waals surface area contributed by atoms with Crippen LogP contribution in [0.3, 0.4) is 0 Å². The molecule has 1 heterocycles. The van der Waals surface area contributed by atoms with Gasteiger partial charge in [0.05, 0.1) is 5.56 Å². The minimum Gasteiger partial charge on any atom is -0.371 e. The van der Waals surface area contributed by atoms with Crippen molar-refractivity contribution >= 4 is 5.69 Å². The van der Waals surface area contributed by atoms with Crippen LogP contribution in [0.5, 0.6) is 0 Å². The monoisotopic (exact) mass is 300 g/mol. The fraction of sp³-hybridized carbons (Fsp3) is 0.625. The zero-order chi connectivity index (χ0) is 15.7. The minimum absolute atomic E-state index is 0.0603. The van der Waals surface area contributed by atoms with Crippen LogP contribution in [0.25, 0.3) is 0 Å². The molecule has 2 rings (SSSR count). The molecule has 0 atom stereocenters. The first-order valence-corrected chi connectivity index (χ1v) is 7.33. The Balaban J connectivity index is 2.38. The summed E-state index contributed by atoms with van der Waals surface area (Å²) >= 11 is 0. The van der Waals surface area contributed by atoms with Gasteiger partial charge in [-0.1, -0.05) is 19.9 Å². The third-order valence-electron chi connectivity index (χ3n) is 3.99. The molecule has 1 aromatic rings. The second-order valence-corrected chi connectivity index (χ2v) is 6.57. The van der Waals surface area contributed by atoms with Gasteiger partial charge < -0.3 is 10.2 Å². The Morgan fingerprint density at radius 2 is 2.00 bits per heavy atom. The summed E-state index contributed by atoms with van der Waals surface area (Å²) in [4.78, 5) is 1.88. The van der Waals surface area contributed by atoms with E-state index in [0.29, 0.717) is 30.9 Å². The highest BCUT2D eigenvalue weighted by Crippen LogP contribution is 2.40. The number of halogens is 3. The molecular weight excluding hydrogens is 277 g/mol. The average Bonchev–Trinajstić information content (AvgIpc) is 2.37. The third kappa shape index (κ3) is 3.90. The predicted octanol–water partition coefficient (Wildman–Crippen LogP) is 4.05. The number of nitrogens with one attached hydrogen (secondary N) is 1. The lowest BCUT2D eigenvalue weighted by Crippen LogP contribution is -2.41. The smallest absolute Gasteiger partial charge is 0.371 e. The molecular formula is C16H23F3N2. The zero-order valence-corrected chi connectivity index (χ0v) is 12.8. The number of hydrogen-bond acceptors (Lipinski definition) is 2. The molecule has 0 bridgehead atoms. The Morgan fingerprint density at radius 3 is 2.57 bits per heavy atom. The van der Waals surface area contributed by atoms with Crippen LogP contribution >= 0.6 is 0 Å². The minimum atomic E-state index is -4.32. The molecule has 0 aromatic heterocycles. The average molecular weight is 300 g/mol. The summed E-state index contributed by atoms with van der Waals surface area (Å²) in [7, 11) is 1.73. The molecule has 0 saturated carbocycles. The highest BCUT2D eigenvalue weighted by Gasteiger charge is 2.37. The maximum absolute atomic E-state index is 13.4. The van der Waals surface area contributed by atoms with Crippen LogP contribution in [0.15, 0.2) is 18.2 Å². The van der Waals surface area contributed by atoms with Gasteiger partial charge in [0.2, 0.25) is 0 Å². The van der Waals surface area contributed by atoms with Gasteiger partial charge in [-0.05, 0) is 43.0 Å². The zero-order valence-electron chi connectivity index (χ0n) is 12.8. The molecule has 1 N–H and O–H groups in total. The first-order valence-electron chi connectivity index (χ1n) is 7.33. The number of benzene rings is 1. The van der Waals surface area contributed by atoms with Gasteiger partial charge >= 0.3 is 6.18 Å². The molecule has 0 spiro atoms. The Labute approximate surface area is 124 Å². The maximum atomic E-state index is 13.4. The first-order chi connectivity index (χ1) is 9.73. The summed E-state index contributed by atoms with van der Waals surface area (Å²) < 4.78 is 40.1. The molecule has 0 aliphatic carbocycles. The maximum Gasteiger partial charge on any atom is 0.418 e. The van der Waals surface area contributed by atoms with Crippen molar-refractivity contribution in [2.45, 2.75) is 39.4 Å². The van der Waals surface area contributed by atoms with Crippen LogP contribution in [0.1, 0.15) is 37.8 Å². The molecule has 118 valence electrons. The van der Waals surface area contributed by atoms with Gasteiger partial charge in [0.1, 0.15) is 0 Å². The van der Waals surface area contributed by atoms with Crippen molar-refractivity contribution in [1.82, 2.24) is 5.32 Å². The normalized spacial score (nSPS) is 18.9. The van der Waals surface area contributed by atoms with Crippen LogP contribution in [-0.2, 0) is 12.7 Å². The molecule has 2 nitrogen and oxygen atoms in total. The summed E-state index contributed by atoms with van der Waals surface area (Å²) in [5.41, 5.74) is 0.512. The van der Waals surface area contributed by atoms with Gasteiger partial charge in [-0.15, -0.1) is 0 Å². The Hall–Kier alpha value is -1.23. The third-order valence-corrected chi connectivity index (χ3v) is 3.99. The molecule has 1 aliphatic heterocycles. The van der Waals surface area contributed by atoms with Crippen LogP contribution < -0.4 is 10.2 Å². The Bertz CT molecular complexity index is 495. The van der Waals surface area contributed by atoms with Gasteiger partial charge in [-0.25, -0.2) is 0 Å². The fourth-order valence-electron chi connectivity index (χ4n) is 3.03. The summed E-state index contributed by atoms with van der Waals surface area (Å²) in [5, 5.41) is 2.89. The molecule has 21 heavy (non-hydrogen) atoms. The van der Waals surface area contributed by atoms with Crippen molar-refractivity contribution in [3.63, 3.8) is 0 Å². The van der Waals surface area contributed by atoms with Crippen molar-refractivity contribution in [2.75, 3.05) is 25.0 Å². The van der Waals surface area contributed by atoms with Crippen molar-refractivity contribution in [1.29, 1.82) is 0 Å². The Morgan fingerprint density at radius 1 is 1.29 bits per heavy atom. The van der Waals surface area contributed by atoms with Gasteiger partial charge in [0.15, 0.2) is 0 Å². The number of hydrogen-bond donors (Lipinski definition) is 1. The van der Waals surface area contributed by atoms with E-state index in [2.05, 4.69) is 19.2 Å². The SMILES string of the molecule is CNCc1ccc(N2CCCC(C)(C)C2)c(C(F)(F)F)c1. The highest BCUT2D eigenvalue weighted by molar-refractivity contribution is 5.57. The summed E-state index contributed by atoms with van der Waals surface area (Å²) in [6.07, 6.45) is -2.33. The van der Waals surface area contributed by atoms with Crippen LogP contribution in [-0.4, -0.2) is 20.1 Å². The van der Waals surface area contributed by atoms with Crippen molar-refractivity contribution in [3.8, 4) is 0 Å². The quantitative estimate of drug-likeness (QED) is 0.906. The van der Waals surface area contributed by atoms with Crippen LogP contribution in [0.2, 0.25) is 0 Å². The van der Waals surface area contributed by atoms with Gasteiger partial charge in [0, 0.05) is 25.3 Å². The van der Waals surface area contributed by atoms with Gasteiger partial charge in [-0.2, -0.15) is 13.2 Å². The van der Waals surface area contributed by atoms with E-state index in [1.807, 2.05) is 4.90 Å². The van der Waals surface area contributed by atoms with E-state index in [0.717, 1.165) is 12.8 Å². The summed E-state index contributed by atoms with van der Waals surface area (Å²) in [6, 6.07) is 4.67. The first kappa shape index (κ1) is 16.1. The van der Waals surface area contributed by atoms with E-state index in [9.17, 15) is 13.2 Å². The molecule has 5 heteroatoms. The molecule has 0 amide bonds. The van der Waals surface area contributed by atoms with Gasteiger partial charge in [0.25, 0.3) is 0 Å². The Kier molecular flexibility index (Phi) is 4.51. The molecule has 1 aliphatic rings. The topological polar surface area (TPSA) is 15.3 Å². The second kappa shape index (κ2) is 5.87. The van der Waals surface area contributed by atoms with E-state index in [4.69, 9.17) is 0 Å². The highest BCUT2D eigenvalue weighted by atomic mass is 19.4. The number of rotatable bonds is 3. The molecule has 0 radical (unpaired) electrons. The lowest BCUT2D eigenvalue weighted by Gasteiger charge is -2.40. The summed E-state index contributed by atoms with van der Waals surface area (Å²) in [6.45, 7) is 6.03. The van der Waals surface area contributed by atoms with E-state index in [1.54, 1.807) is 19.2 Å². The van der Waals surface area contributed by atoms with E-state index < -0.39 is 11.7 Å². The van der Waals surface area contributed by atoms with Crippen LogP contribution in [0, 0.1) is 5.41 Å². The van der Waals surface area contributed by atoms with Crippen molar-refractivity contribution in [3.05, 3.63) is 29.3 Å². The van der Waals surface area contributed by atoms with Crippen molar-refractivity contribution < 1.29 is 13.2 Å². The van der Waals surface area contributed by atoms with E-state index >= 15 is 0 Å².